The first-order valence-corrected chi connectivity index (χ1v) is 15.6. The molecular weight excluding hydrogens is 402 g/mol. The van der Waals surface area contributed by atoms with Crippen LogP contribution in [0.1, 0.15) is 168 Å². The Morgan fingerprint density at radius 3 is 0.848 bits per heavy atom. The lowest BCUT2D eigenvalue weighted by molar-refractivity contribution is -0.910. The van der Waals surface area contributed by atoms with Crippen molar-refractivity contribution in [2.45, 2.75) is 168 Å². The van der Waals surface area contributed by atoms with Gasteiger partial charge in [-0.05, 0) is 25.7 Å². The summed E-state index contributed by atoms with van der Waals surface area (Å²) >= 11 is 0. The van der Waals surface area contributed by atoms with Crippen molar-refractivity contribution in [3.63, 3.8) is 0 Å². The molecule has 0 saturated heterocycles. The molecule has 0 bridgehead atoms. The molecule has 0 heterocycles. The van der Waals surface area contributed by atoms with Crippen LogP contribution in [0, 0.1) is 0 Å². The summed E-state index contributed by atoms with van der Waals surface area (Å²) in [5, 5.41) is 9.56. The fourth-order valence-corrected chi connectivity index (χ4v) is 5.25. The highest BCUT2D eigenvalue weighted by atomic mass is 16.3. The van der Waals surface area contributed by atoms with Crippen LogP contribution in [-0.2, 0) is 0 Å². The van der Waals surface area contributed by atoms with E-state index in [1.807, 2.05) is 0 Å². The van der Waals surface area contributed by atoms with Crippen molar-refractivity contribution in [1.82, 2.24) is 0 Å². The molecule has 33 heavy (non-hydrogen) atoms. The summed E-state index contributed by atoms with van der Waals surface area (Å²) in [4.78, 5) is 0. The topological polar surface area (TPSA) is 20.2 Å². The first-order chi connectivity index (χ1) is 16.2. The van der Waals surface area contributed by atoms with Gasteiger partial charge in [-0.15, -0.1) is 0 Å². The summed E-state index contributed by atoms with van der Waals surface area (Å²) in [7, 11) is 2.38. The number of rotatable bonds is 28. The van der Waals surface area contributed by atoms with Crippen LogP contribution in [0.15, 0.2) is 0 Å². The maximum atomic E-state index is 9.56. The number of aliphatic hydroxyl groups excluding tert-OH is 1. The van der Waals surface area contributed by atoms with Crippen LogP contribution >= 0.6 is 0 Å². The summed E-state index contributed by atoms with van der Waals surface area (Å²) in [5.74, 6) is 0. The largest absolute Gasteiger partial charge is 0.391 e. The molecule has 1 atom stereocenters. The van der Waals surface area contributed by atoms with Crippen molar-refractivity contribution in [2.75, 3.05) is 33.3 Å². The quantitative estimate of drug-likeness (QED) is 0.0894. The van der Waals surface area contributed by atoms with Gasteiger partial charge in [0.25, 0.3) is 0 Å². The Bertz CT molecular complexity index is 359. The summed E-state index contributed by atoms with van der Waals surface area (Å²) in [6.45, 7) is 8.39. The third kappa shape index (κ3) is 24.8. The smallest absolute Gasteiger partial charge is 0.102 e. The second-order valence-corrected chi connectivity index (χ2v) is 11.3. The monoisotopic (exact) mass is 469 g/mol. The van der Waals surface area contributed by atoms with Crippen LogP contribution in [0.3, 0.4) is 0 Å². The van der Waals surface area contributed by atoms with Gasteiger partial charge in [-0.2, -0.15) is 0 Å². The third-order valence-corrected chi connectivity index (χ3v) is 7.74. The maximum Gasteiger partial charge on any atom is 0.102 e. The molecule has 0 radical (unpaired) electrons. The van der Waals surface area contributed by atoms with E-state index in [0.29, 0.717) is 6.61 Å². The highest BCUT2D eigenvalue weighted by molar-refractivity contribution is 4.52. The van der Waals surface area contributed by atoms with Crippen LogP contribution in [0.25, 0.3) is 0 Å². The molecule has 1 unspecified atom stereocenters. The fraction of sp³-hybridized carbons (Fsp3) is 1.00. The SMILES string of the molecule is CCCCCCCCCCCCCCCC[N+](C)(CCO)CCCCCCCCCCCC. The van der Waals surface area contributed by atoms with Crippen LogP contribution in [0.2, 0.25) is 0 Å². The predicted octanol–water partition coefficient (Wildman–Crippen LogP) is 9.83. The van der Waals surface area contributed by atoms with Gasteiger partial charge < -0.3 is 9.59 Å². The van der Waals surface area contributed by atoms with Gasteiger partial charge in [0.1, 0.15) is 6.54 Å². The maximum absolute atomic E-state index is 9.56. The molecule has 0 saturated carbocycles. The first kappa shape index (κ1) is 32.9. The van der Waals surface area contributed by atoms with Crippen molar-refractivity contribution >= 4 is 0 Å². The van der Waals surface area contributed by atoms with Gasteiger partial charge in [-0.3, -0.25) is 0 Å². The van der Waals surface area contributed by atoms with E-state index in [0.717, 1.165) is 11.0 Å². The molecule has 0 aliphatic rings. The van der Waals surface area contributed by atoms with Crippen molar-refractivity contribution < 1.29 is 9.59 Å². The van der Waals surface area contributed by atoms with Crippen molar-refractivity contribution in [2.24, 2.45) is 0 Å². The van der Waals surface area contributed by atoms with Crippen molar-refractivity contribution in [1.29, 1.82) is 0 Å². The molecule has 0 amide bonds. The van der Waals surface area contributed by atoms with E-state index in [1.54, 1.807) is 0 Å². The van der Waals surface area contributed by atoms with E-state index in [9.17, 15) is 5.11 Å². The Morgan fingerprint density at radius 2 is 0.606 bits per heavy atom. The number of aliphatic hydroxyl groups is 1. The molecule has 1 N–H and O–H groups in total. The molecule has 2 nitrogen and oxygen atoms in total. The molecule has 0 spiro atoms. The molecule has 200 valence electrons. The second-order valence-electron chi connectivity index (χ2n) is 11.3. The van der Waals surface area contributed by atoms with Gasteiger partial charge in [-0.1, -0.05) is 142 Å². The zero-order valence-corrected chi connectivity index (χ0v) is 23.7. The minimum Gasteiger partial charge on any atom is -0.391 e. The van der Waals surface area contributed by atoms with E-state index in [-0.39, 0.29) is 0 Å². The normalized spacial score (nSPS) is 13.5. The minimum absolute atomic E-state index is 0.340. The highest BCUT2D eigenvalue weighted by Gasteiger charge is 2.19. The number of likely N-dealkylation sites (N-methyl/N-ethyl adjacent to an activating group) is 1. The van der Waals surface area contributed by atoms with Crippen LogP contribution < -0.4 is 0 Å². The van der Waals surface area contributed by atoms with Gasteiger partial charge in [0.2, 0.25) is 0 Å². The molecule has 0 fully saturated rings. The van der Waals surface area contributed by atoms with Gasteiger partial charge in [0, 0.05) is 0 Å². The molecule has 0 aromatic carbocycles. The molecule has 0 aromatic heterocycles. The van der Waals surface area contributed by atoms with Crippen LogP contribution in [-0.4, -0.2) is 42.9 Å². The molecule has 0 rings (SSSR count). The Labute approximate surface area is 210 Å². The number of hydrogen-bond acceptors (Lipinski definition) is 1. The number of nitrogens with zero attached hydrogens (tertiary/aromatic N) is 1. The third-order valence-electron chi connectivity index (χ3n) is 7.74. The van der Waals surface area contributed by atoms with Gasteiger partial charge in [0.05, 0.1) is 26.7 Å². The van der Waals surface area contributed by atoms with Crippen molar-refractivity contribution in [3.8, 4) is 0 Å². The lowest BCUT2D eigenvalue weighted by atomic mass is 10.0. The zero-order valence-electron chi connectivity index (χ0n) is 23.7. The Balaban J connectivity index is 3.54. The molecule has 0 aliphatic heterocycles. The lowest BCUT2D eigenvalue weighted by Crippen LogP contribution is -2.47. The van der Waals surface area contributed by atoms with Gasteiger partial charge in [-0.25, -0.2) is 0 Å². The predicted molar refractivity (Wildman–Crippen MR) is 150 cm³/mol. The standard InChI is InChI=1S/C31H66NO/c1-4-6-8-10-12-14-16-17-18-19-21-23-25-27-29-32(3,30-31-33)28-26-24-22-20-15-13-11-9-7-5-2/h33H,4-31H2,1-3H3/q+1. The Hall–Kier alpha value is -0.0800. The average Bonchev–Trinajstić information content (AvgIpc) is 2.81. The number of quaternary nitrogens is 1. The zero-order chi connectivity index (χ0) is 24.3. The summed E-state index contributed by atoms with van der Waals surface area (Å²) in [6.07, 6.45) is 34.1. The number of unbranched alkanes of at least 4 members (excludes halogenated alkanes) is 22. The molecule has 0 aliphatic carbocycles. The van der Waals surface area contributed by atoms with Crippen LogP contribution in [0.5, 0.6) is 0 Å². The number of hydrogen-bond donors (Lipinski definition) is 1. The van der Waals surface area contributed by atoms with E-state index in [2.05, 4.69) is 20.9 Å². The highest BCUT2D eigenvalue weighted by Crippen LogP contribution is 2.16. The fourth-order valence-electron chi connectivity index (χ4n) is 5.25. The lowest BCUT2D eigenvalue weighted by Gasteiger charge is -2.34. The molecule has 2 heteroatoms. The summed E-state index contributed by atoms with van der Waals surface area (Å²) < 4.78 is 1.09. The summed E-state index contributed by atoms with van der Waals surface area (Å²) in [6, 6.07) is 0. The molecule has 0 aromatic rings. The van der Waals surface area contributed by atoms with E-state index in [1.165, 1.54) is 167 Å². The van der Waals surface area contributed by atoms with Gasteiger partial charge in [0.15, 0.2) is 0 Å². The van der Waals surface area contributed by atoms with Crippen molar-refractivity contribution in [3.05, 3.63) is 0 Å². The average molecular weight is 469 g/mol. The summed E-state index contributed by atoms with van der Waals surface area (Å²) in [5.41, 5.74) is 0. The van der Waals surface area contributed by atoms with E-state index >= 15 is 0 Å². The second kappa shape index (κ2) is 26.5. The Morgan fingerprint density at radius 1 is 0.364 bits per heavy atom. The van der Waals surface area contributed by atoms with Crippen LogP contribution in [0.4, 0.5) is 0 Å². The van der Waals surface area contributed by atoms with E-state index in [4.69, 9.17) is 0 Å². The van der Waals surface area contributed by atoms with Gasteiger partial charge >= 0.3 is 0 Å². The molecular formula is C31H66NO+. The minimum atomic E-state index is 0.340. The first-order valence-electron chi connectivity index (χ1n) is 15.6. The Kier molecular flexibility index (Phi) is 26.5. The van der Waals surface area contributed by atoms with E-state index < -0.39 is 0 Å².